The summed E-state index contributed by atoms with van der Waals surface area (Å²) < 4.78 is 5.33. The van der Waals surface area contributed by atoms with Gasteiger partial charge in [-0.15, -0.1) is 0 Å². The highest BCUT2D eigenvalue weighted by Crippen LogP contribution is 2.11. The number of rotatable bonds is 6. The zero-order chi connectivity index (χ0) is 15.1. The van der Waals surface area contributed by atoms with E-state index in [4.69, 9.17) is 16.3 Å². The van der Waals surface area contributed by atoms with Crippen LogP contribution >= 0.6 is 11.6 Å². The Morgan fingerprint density at radius 2 is 1.95 bits per heavy atom. The summed E-state index contributed by atoms with van der Waals surface area (Å²) in [6, 6.07) is 13.8. The average Bonchev–Trinajstić information content (AvgIpc) is 2.51. The van der Waals surface area contributed by atoms with Crippen LogP contribution in [0.2, 0.25) is 5.02 Å². The lowest BCUT2D eigenvalue weighted by Gasteiger charge is -2.08. The summed E-state index contributed by atoms with van der Waals surface area (Å²) in [6.45, 7) is 0.313. The van der Waals surface area contributed by atoms with Gasteiger partial charge in [0.1, 0.15) is 12.0 Å². The fourth-order valence-electron chi connectivity index (χ4n) is 1.69. The Bertz CT molecular complexity index is 626. The van der Waals surface area contributed by atoms with Crippen molar-refractivity contribution in [1.82, 2.24) is 5.32 Å². The maximum Gasteiger partial charge on any atom is 0.258 e. The summed E-state index contributed by atoms with van der Waals surface area (Å²) in [7, 11) is 0. The number of carbonyl (C=O) groups is 2. The van der Waals surface area contributed by atoms with Gasteiger partial charge in [-0.05, 0) is 42.0 Å². The average molecular weight is 304 g/mol. The zero-order valence-electron chi connectivity index (χ0n) is 11.2. The van der Waals surface area contributed by atoms with Crippen LogP contribution in [-0.4, -0.2) is 18.8 Å². The van der Waals surface area contributed by atoms with Gasteiger partial charge in [-0.25, -0.2) is 0 Å². The van der Waals surface area contributed by atoms with E-state index in [1.807, 2.05) is 12.1 Å². The number of carbonyl (C=O) groups excluding carboxylic acids is 2. The van der Waals surface area contributed by atoms with E-state index in [9.17, 15) is 9.59 Å². The minimum atomic E-state index is -0.227. The molecule has 0 aliphatic carbocycles. The van der Waals surface area contributed by atoms with Gasteiger partial charge in [-0.1, -0.05) is 23.7 Å². The van der Waals surface area contributed by atoms with Crippen molar-refractivity contribution >= 4 is 23.8 Å². The fourth-order valence-corrected chi connectivity index (χ4v) is 1.90. The van der Waals surface area contributed by atoms with E-state index >= 15 is 0 Å². The molecular weight excluding hydrogens is 290 g/mol. The molecule has 1 N–H and O–H groups in total. The molecule has 4 nitrogen and oxygen atoms in total. The van der Waals surface area contributed by atoms with Crippen molar-refractivity contribution < 1.29 is 14.3 Å². The largest absolute Gasteiger partial charge is 0.484 e. The van der Waals surface area contributed by atoms with E-state index in [1.54, 1.807) is 36.4 Å². The van der Waals surface area contributed by atoms with Crippen LogP contribution in [0.25, 0.3) is 0 Å². The van der Waals surface area contributed by atoms with Crippen molar-refractivity contribution in [3.8, 4) is 5.75 Å². The molecule has 2 rings (SSSR count). The standard InChI is InChI=1S/C16H14ClNO3/c17-14-3-1-2-13(8-14)9-18-16(20)11-21-15-6-4-12(10-19)5-7-15/h1-8,10H,9,11H2,(H,18,20). The van der Waals surface area contributed by atoms with E-state index in [0.717, 1.165) is 11.8 Å². The molecule has 1 amide bonds. The normalized spacial score (nSPS) is 9.95. The Morgan fingerprint density at radius 1 is 1.19 bits per heavy atom. The Hall–Kier alpha value is -2.33. The molecule has 0 unspecified atom stereocenters. The first-order valence-corrected chi connectivity index (χ1v) is 6.74. The highest BCUT2D eigenvalue weighted by Gasteiger charge is 2.03. The molecule has 108 valence electrons. The summed E-state index contributed by atoms with van der Waals surface area (Å²) >= 11 is 5.86. The lowest BCUT2D eigenvalue weighted by molar-refractivity contribution is -0.123. The Labute approximate surface area is 127 Å². The number of amides is 1. The van der Waals surface area contributed by atoms with Crippen molar-refractivity contribution in [1.29, 1.82) is 0 Å². The summed E-state index contributed by atoms with van der Waals surface area (Å²) in [5.41, 5.74) is 1.49. The van der Waals surface area contributed by atoms with Crippen molar-refractivity contribution in [2.24, 2.45) is 0 Å². The number of halogens is 1. The Kier molecular flexibility index (Phi) is 5.35. The van der Waals surface area contributed by atoms with E-state index in [0.29, 0.717) is 22.9 Å². The Balaban J connectivity index is 1.77. The molecule has 2 aromatic carbocycles. The second-order valence-corrected chi connectivity index (χ2v) is 4.82. The highest BCUT2D eigenvalue weighted by atomic mass is 35.5. The van der Waals surface area contributed by atoms with Gasteiger partial charge >= 0.3 is 0 Å². The van der Waals surface area contributed by atoms with Crippen molar-refractivity contribution in [3.05, 3.63) is 64.7 Å². The maximum absolute atomic E-state index is 11.7. The van der Waals surface area contributed by atoms with Gasteiger partial charge in [0.15, 0.2) is 6.61 Å². The van der Waals surface area contributed by atoms with Crippen molar-refractivity contribution in [2.75, 3.05) is 6.61 Å². The van der Waals surface area contributed by atoms with Crippen LogP contribution in [0.3, 0.4) is 0 Å². The number of hydrogen-bond donors (Lipinski definition) is 1. The molecule has 0 spiro atoms. The van der Waals surface area contributed by atoms with E-state index < -0.39 is 0 Å². The first-order valence-electron chi connectivity index (χ1n) is 6.36. The molecule has 21 heavy (non-hydrogen) atoms. The molecule has 0 fully saturated rings. The third kappa shape index (κ3) is 4.93. The van der Waals surface area contributed by atoms with E-state index in [1.165, 1.54) is 0 Å². The smallest absolute Gasteiger partial charge is 0.258 e. The van der Waals surface area contributed by atoms with E-state index in [-0.39, 0.29) is 12.5 Å². The van der Waals surface area contributed by atoms with Gasteiger partial charge in [-0.3, -0.25) is 9.59 Å². The number of nitrogens with one attached hydrogen (secondary N) is 1. The lowest BCUT2D eigenvalue weighted by atomic mass is 10.2. The molecule has 0 bridgehead atoms. The van der Waals surface area contributed by atoms with Crippen molar-refractivity contribution in [3.63, 3.8) is 0 Å². The number of ether oxygens (including phenoxy) is 1. The minimum Gasteiger partial charge on any atom is -0.484 e. The highest BCUT2D eigenvalue weighted by molar-refractivity contribution is 6.30. The van der Waals surface area contributed by atoms with Gasteiger partial charge < -0.3 is 10.1 Å². The summed E-state index contributed by atoms with van der Waals surface area (Å²) in [5.74, 6) is 0.313. The quantitative estimate of drug-likeness (QED) is 0.835. The topological polar surface area (TPSA) is 55.4 Å². The van der Waals surface area contributed by atoms with Crippen LogP contribution in [0.1, 0.15) is 15.9 Å². The molecule has 0 saturated heterocycles. The molecule has 2 aromatic rings. The van der Waals surface area contributed by atoms with Crippen LogP contribution < -0.4 is 10.1 Å². The SMILES string of the molecule is O=Cc1ccc(OCC(=O)NCc2cccc(Cl)c2)cc1. The first-order chi connectivity index (χ1) is 10.2. The molecule has 0 aromatic heterocycles. The number of aldehydes is 1. The fraction of sp³-hybridized carbons (Fsp3) is 0.125. The van der Waals surface area contributed by atoms with Gasteiger partial charge in [0, 0.05) is 17.1 Å². The number of benzene rings is 2. The predicted octanol–water partition coefficient (Wildman–Crippen LogP) is 2.85. The number of hydrogen-bond acceptors (Lipinski definition) is 3. The lowest BCUT2D eigenvalue weighted by Crippen LogP contribution is -2.28. The molecule has 0 aliphatic rings. The third-order valence-corrected chi connectivity index (χ3v) is 3.00. The van der Waals surface area contributed by atoms with Crippen LogP contribution in [-0.2, 0) is 11.3 Å². The Morgan fingerprint density at radius 3 is 2.62 bits per heavy atom. The monoisotopic (exact) mass is 303 g/mol. The second-order valence-electron chi connectivity index (χ2n) is 4.38. The molecule has 0 radical (unpaired) electrons. The van der Waals surface area contributed by atoms with Gasteiger partial charge in [0.05, 0.1) is 0 Å². The molecule has 0 heterocycles. The van der Waals surface area contributed by atoms with Gasteiger partial charge in [-0.2, -0.15) is 0 Å². The minimum absolute atomic E-state index is 0.0823. The summed E-state index contributed by atoms with van der Waals surface area (Å²) in [4.78, 5) is 22.2. The molecule has 0 saturated carbocycles. The van der Waals surface area contributed by atoms with Crippen LogP contribution in [0.4, 0.5) is 0 Å². The molecule has 5 heteroatoms. The summed E-state index contributed by atoms with van der Waals surface area (Å²) in [6.07, 6.45) is 0.751. The summed E-state index contributed by atoms with van der Waals surface area (Å²) in [5, 5.41) is 3.37. The van der Waals surface area contributed by atoms with Crippen LogP contribution in [0, 0.1) is 0 Å². The molecule has 0 aliphatic heterocycles. The zero-order valence-corrected chi connectivity index (χ0v) is 12.0. The van der Waals surface area contributed by atoms with E-state index in [2.05, 4.69) is 5.32 Å². The molecular formula is C16H14ClNO3. The molecule has 0 atom stereocenters. The van der Waals surface area contributed by atoms with Gasteiger partial charge in [0.2, 0.25) is 0 Å². The van der Waals surface area contributed by atoms with Gasteiger partial charge in [0.25, 0.3) is 5.91 Å². The predicted molar refractivity (Wildman–Crippen MR) is 80.6 cm³/mol. The van der Waals surface area contributed by atoms with Crippen LogP contribution in [0.15, 0.2) is 48.5 Å². The van der Waals surface area contributed by atoms with Crippen molar-refractivity contribution in [2.45, 2.75) is 6.54 Å². The third-order valence-electron chi connectivity index (χ3n) is 2.76. The first kappa shape index (κ1) is 15.1. The second kappa shape index (κ2) is 7.45. The maximum atomic E-state index is 11.7. The van der Waals surface area contributed by atoms with Crippen LogP contribution in [0.5, 0.6) is 5.75 Å².